The summed E-state index contributed by atoms with van der Waals surface area (Å²) in [4.78, 5) is 28.7. The highest BCUT2D eigenvalue weighted by Crippen LogP contribution is 2.27. The van der Waals surface area contributed by atoms with Gasteiger partial charge in [0.1, 0.15) is 23.9 Å². The van der Waals surface area contributed by atoms with Gasteiger partial charge in [0.05, 0.1) is 20.2 Å². The third-order valence-electron chi connectivity index (χ3n) is 5.95. The van der Waals surface area contributed by atoms with Crippen molar-refractivity contribution >= 4 is 17.5 Å². The van der Waals surface area contributed by atoms with Gasteiger partial charge < -0.3 is 24.0 Å². The first-order valence-corrected chi connectivity index (χ1v) is 11.6. The van der Waals surface area contributed by atoms with Gasteiger partial charge in [-0.2, -0.15) is 0 Å². The van der Waals surface area contributed by atoms with Gasteiger partial charge in [0.15, 0.2) is 6.61 Å². The fraction of sp³-hybridized carbons (Fsp3) is 0.286. The standard InChI is InChI=1S/C28H30N2O5/c1-20-4-7-24(8-5-20)30(21(2)31)17-22-6-13-27-23(16-22)18-29(14-15-34-27)28(32)19-35-26-11-9-25(33-3)10-12-26/h4-13,16H,14-15,17-19H2,1-3H3. The van der Waals surface area contributed by atoms with Gasteiger partial charge in [0, 0.05) is 24.7 Å². The number of benzene rings is 3. The number of amides is 2. The van der Waals surface area contributed by atoms with E-state index in [1.807, 2.05) is 49.4 Å². The molecule has 1 heterocycles. The molecule has 2 amide bonds. The van der Waals surface area contributed by atoms with E-state index in [-0.39, 0.29) is 18.4 Å². The van der Waals surface area contributed by atoms with Gasteiger partial charge in [-0.3, -0.25) is 9.59 Å². The highest BCUT2D eigenvalue weighted by atomic mass is 16.5. The number of fused-ring (bicyclic) bond motifs is 1. The predicted octanol–water partition coefficient (Wildman–Crippen LogP) is 4.36. The van der Waals surface area contributed by atoms with Gasteiger partial charge in [-0.15, -0.1) is 0 Å². The molecule has 0 saturated carbocycles. The Hall–Kier alpha value is -4.00. The maximum atomic E-state index is 12.9. The molecule has 1 aliphatic heterocycles. The monoisotopic (exact) mass is 474 g/mol. The molecule has 7 heteroatoms. The summed E-state index contributed by atoms with van der Waals surface area (Å²) < 4.78 is 16.7. The number of aryl methyl sites for hydroxylation is 1. The highest BCUT2D eigenvalue weighted by Gasteiger charge is 2.21. The van der Waals surface area contributed by atoms with Crippen LogP contribution in [-0.2, 0) is 22.7 Å². The minimum Gasteiger partial charge on any atom is -0.497 e. The molecule has 4 rings (SSSR count). The van der Waals surface area contributed by atoms with Crippen LogP contribution in [0.15, 0.2) is 66.7 Å². The van der Waals surface area contributed by atoms with Crippen molar-refractivity contribution in [3.8, 4) is 17.2 Å². The quantitative estimate of drug-likeness (QED) is 0.509. The van der Waals surface area contributed by atoms with Crippen molar-refractivity contribution in [2.45, 2.75) is 26.9 Å². The summed E-state index contributed by atoms with van der Waals surface area (Å²) in [7, 11) is 1.60. The number of carbonyl (C=O) groups is 2. The van der Waals surface area contributed by atoms with Gasteiger partial charge in [-0.25, -0.2) is 0 Å². The molecule has 0 unspecified atom stereocenters. The van der Waals surface area contributed by atoms with E-state index < -0.39 is 0 Å². The molecule has 0 aromatic heterocycles. The Bertz CT molecular complexity index is 1170. The number of carbonyl (C=O) groups excluding carboxylic acids is 2. The largest absolute Gasteiger partial charge is 0.497 e. The van der Waals surface area contributed by atoms with E-state index >= 15 is 0 Å². The van der Waals surface area contributed by atoms with Crippen LogP contribution >= 0.6 is 0 Å². The number of hydrogen-bond donors (Lipinski definition) is 0. The minimum absolute atomic E-state index is 0.0347. The van der Waals surface area contributed by atoms with E-state index in [0.29, 0.717) is 32.0 Å². The fourth-order valence-electron chi connectivity index (χ4n) is 3.96. The van der Waals surface area contributed by atoms with Crippen molar-refractivity contribution in [2.24, 2.45) is 0 Å². The predicted molar refractivity (Wildman–Crippen MR) is 134 cm³/mol. The summed E-state index contributed by atoms with van der Waals surface area (Å²) in [6, 6.07) is 20.9. The smallest absolute Gasteiger partial charge is 0.260 e. The average molecular weight is 475 g/mol. The number of hydrogen-bond acceptors (Lipinski definition) is 5. The summed E-state index contributed by atoms with van der Waals surface area (Å²) in [6.45, 7) is 5.24. The summed E-state index contributed by atoms with van der Waals surface area (Å²) in [5.41, 5.74) is 3.86. The number of nitrogens with zero attached hydrogens (tertiary/aromatic N) is 2. The number of rotatable bonds is 7. The van der Waals surface area contributed by atoms with Crippen LogP contribution in [0, 0.1) is 6.92 Å². The molecule has 3 aromatic carbocycles. The zero-order valence-corrected chi connectivity index (χ0v) is 20.3. The molecule has 0 spiro atoms. The first-order chi connectivity index (χ1) is 16.9. The molecule has 0 saturated heterocycles. The molecular formula is C28H30N2O5. The number of ether oxygens (including phenoxy) is 3. The number of methoxy groups -OCH3 is 1. The molecule has 7 nitrogen and oxygen atoms in total. The van der Waals surface area contributed by atoms with Crippen LogP contribution in [0.3, 0.4) is 0 Å². The minimum atomic E-state index is -0.118. The van der Waals surface area contributed by atoms with Crippen LogP contribution < -0.4 is 19.1 Å². The van der Waals surface area contributed by atoms with E-state index in [0.717, 1.165) is 33.9 Å². The highest BCUT2D eigenvalue weighted by molar-refractivity contribution is 5.91. The van der Waals surface area contributed by atoms with E-state index in [1.54, 1.807) is 48.1 Å². The van der Waals surface area contributed by atoms with Crippen LogP contribution in [-0.4, -0.2) is 43.6 Å². The van der Waals surface area contributed by atoms with Crippen molar-refractivity contribution in [1.29, 1.82) is 0 Å². The Morgan fingerprint density at radius 3 is 2.40 bits per heavy atom. The molecule has 0 bridgehead atoms. The molecule has 1 aliphatic rings. The van der Waals surface area contributed by atoms with Gasteiger partial charge in [-0.05, 0) is 61.0 Å². The molecule has 35 heavy (non-hydrogen) atoms. The topological polar surface area (TPSA) is 68.3 Å². The number of anilines is 1. The second-order valence-electron chi connectivity index (χ2n) is 8.51. The van der Waals surface area contributed by atoms with Gasteiger partial charge in [0.2, 0.25) is 5.91 Å². The van der Waals surface area contributed by atoms with E-state index in [2.05, 4.69) is 0 Å². The molecule has 0 N–H and O–H groups in total. The SMILES string of the molecule is COc1ccc(OCC(=O)N2CCOc3ccc(CN(C(C)=O)c4ccc(C)cc4)cc3C2)cc1. The Kier molecular flexibility index (Phi) is 7.55. The second kappa shape index (κ2) is 11.0. The lowest BCUT2D eigenvalue weighted by atomic mass is 10.1. The lowest BCUT2D eigenvalue weighted by Crippen LogP contribution is -2.36. The first kappa shape index (κ1) is 24.1. The molecule has 0 radical (unpaired) electrons. The van der Waals surface area contributed by atoms with Crippen LogP contribution in [0.2, 0.25) is 0 Å². The maximum Gasteiger partial charge on any atom is 0.260 e. The van der Waals surface area contributed by atoms with Crippen LogP contribution in [0.5, 0.6) is 17.2 Å². The lowest BCUT2D eigenvalue weighted by Gasteiger charge is -2.23. The molecule has 182 valence electrons. The summed E-state index contributed by atoms with van der Waals surface area (Å²) in [5, 5.41) is 0. The molecule has 0 fully saturated rings. The molecule has 0 aliphatic carbocycles. The summed E-state index contributed by atoms with van der Waals surface area (Å²) in [5.74, 6) is 1.94. The van der Waals surface area contributed by atoms with Gasteiger partial charge in [-0.1, -0.05) is 23.8 Å². The fourth-order valence-corrected chi connectivity index (χ4v) is 3.96. The van der Waals surface area contributed by atoms with Crippen molar-refractivity contribution in [3.63, 3.8) is 0 Å². The van der Waals surface area contributed by atoms with Crippen LogP contribution in [0.4, 0.5) is 5.69 Å². The Labute approximate surface area is 205 Å². The zero-order chi connectivity index (χ0) is 24.8. The van der Waals surface area contributed by atoms with E-state index in [9.17, 15) is 9.59 Å². The molecule has 0 atom stereocenters. The van der Waals surface area contributed by atoms with Crippen molar-refractivity contribution in [2.75, 3.05) is 31.8 Å². The summed E-state index contributed by atoms with van der Waals surface area (Å²) in [6.07, 6.45) is 0. The second-order valence-corrected chi connectivity index (χ2v) is 8.51. The Morgan fingerprint density at radius 2 is 1.71 bits per heavy atom. The zero-order valence-electron chi connectivity index (χ0n) is 20.3. The average Bonchev–Trinajstić information content (AvgIpc) is 3.09. The van der Waals surface area contributed by atoms with Crippen LogP contribution in [0.1, 0.15) is 23.6 Å². The third-order valence-corrected chi connectivity index (χ3v) is 5.95. The normalized spacial score (nSPS) is 12.7. The summed E-state index contributed by atoms with van der Waals surface area (Å²) >= 11 is 0. The lowest BCUT2D eigenvalue weighted by molar-refractivity contribution is -0.134. The Balaban J connectivity index is 1.44. The van der Waals surface area contributed by atoms with Crippen molar-refractivity contribution in [3.05, 3.63) is 83.4 Å². The van der Waals surface area contributed by atoms with Gasteiger partial charge in [0.25, 0.3) is 5.91 Å². The first-order valence-electron chi connectivity index (χ1n) is 11.6. The van der Waals surface area contributed by atoms with E-state index in [4.69, 9.17) is 14.2 Å². The molecule has 3 aromatic rings. The Morgan fingerprint density at radius 1 is 1.00 bits per heavy atom. The maximum absolute atomic E-state index is 12.9. The molecular weight excluding hydrogens is 444 g/mol. The third kappa shape index (κ3) is 6.12. The van der Waals surface area contributed by atoms with Gasteiger partial charge >= 0.3 is 0 Å². The van der Waals surface area contributed by atoms with Crippen LogP contribution in [0.25, 0.3) is 0 Å². The van der Waals surface area contributed by atoms with E-state index in [1.165, 1.54) is 0 Å². The van der Waals surface area contributed by atoms with Crippen molar-refractivity contribution in [1.82, 2.24) is 4.90 Å². The van der Waals surface area contributed by atoms with Crippen molar-refractivity contribution < 1.29 is 23.8 Å².